The molecule has 0 saturated heterocycles. The van der Waals surface area contributed by atoms with Gasteiger partial charge in [0.15, 0.2) is 5.78 Å². The largest absolute Gasteiger partial charge is 0.380 e. The molecule has 0 spiro atoms. The second-order valence-corrected chi connectivity index (χ2v) is 10.8. The predicted molar refractivity (Wildman–Crippen MR) is 127 cm³/mol. The van der Waals surface area contributed by atoms with Crippen LogP contribution in [0.5, 0.6) is 0 Å². The van der Waals surface area contributed by atoms with Gasteiger partial charge in [-0.3, -0.25) is 9.59 Å². The van der Waals surface area contributed by atoms with E-state index in [0.29, 0.717) is 34.7 Å². The molecule has 31 heavy (non-hydrogen) atoms. The fourth-order valence-corrected chi connectivity index (χ4v) is 6.05. The summed E-state index contributed by atoms with van der Waals surface area (Å²) in [4.78, 5) is 25.3. The number of fused-ring (bicyclic) bond motifs is 2. The van der Waals surface area contributed by atoms with Gasteiger partial charge >= 0.3 is 0 Å². The molecule has 0 aliphatic heterocycles. The molecule has 166 valence electrons. The Morgan fingerprint density at radius 1 is 1.29 bits per heavy atom. The van der Waals surface area contributed by atoms with Gasteiger partial charge in [-0.15, -0.1) is 0 Å². The number of benzene rings is 1. The number of anilines is 1. The van der Waals surface area contributed by atoms with E-state index >= 15 is 0 Å². The van der Waals surface area contributed by atoms with E-state index in [1.165, 1.54) is 22.2 Å². The topological polar surface area (TPSA) is 64.0 Å². The number of rotatable bonds is 7. The summed E-state index contributed by atoms with van der Waals surface area (Å²) in [6.07, 6.45) is 5.20. The Balaban J connectivity index is 1.39. The zero-order valence-corrected chi connectivity index (χ0v) is 20.4. The van der Waals surface area contributed by atoms with Gasteiger partial charge in [-0.05, 0) is 76.4 Å². The van der Waals surface area contributed by atoms with Gasteiger partial charge in [0.05, 0.1) is 11.9 Å². The molecule has 2 bridgehead atoms. The van der Waals surface area contributed by atoms with Gasteiger partial charge in [0, 0.05) is 12.5 Å². The fourth-order valence-electron chi connectivity index (χ4n) is 5.63. The standard InChI is InChI=1S/C25H32BrN3O2/c1-15-7-5-6-8-17(15)9-10-19(30)14-29-24(31)23(26)22(13-27-29)28-21-12-18-11-20(16(21)2)25(18,3)4/h5-8,13,16,18,20-21,28H,9-12,14H2,1-4H3/t16-,18+,20-,21-/m1/s1. The second kappa shape index (κ2) is 8.53. The Hall–Kier alpha value is -1.95. The summed E-state index contributed by atoms with van der Waals surface area (Å²) in [5, 5.41) is 7.86. The third-order valence-corrected chi connectivity index (χ3v) is 8.71. The number of nitrogens with one attached hydrogen (secondary N) is 1. The van der Waals surface area contributed by atoms with Crippen molar-refractivity contribution in [3.63, 3.8) is 0 Å². The maximum atomic E-state index is 12.8. The van der Waals surface area contributed by atoms with Crippen LogP contribution in [0.3, 0.4) is 0 Å². The summed E-state index contributed by atoms with van der Waals surface area (Å²) in [5.74, 6) is 2.02. The minimum Gasteiger partial charge on any atom is -0.380 e. The van der Waals surface area contributed by atoms with Crippen LogP contribution in [0, 0.1) is 30.1 Å². The van der Waals surface area contributed by atoms with Crippen molar-refractivity contribution in [2.45, 2.75) is 66.0 Å². The van der Waals surface area contributed by atoms with Crippen molar-refractivity contribution < 1.29 is 4.79 Å². The Bertz CT molecular complexity index is 1050. The van der Waals surface area contributed by atoms with Crippen LogP contribution in [0.4, 0.5) is 5.69 Å². The molecule has 5 nitrogen and oxygen atoms in total. The molecule has 5 rings (SSSR count). The molecule has 1 N–H and O–H groups in total. The Morgan fingerprint density at radius 3 is 2.71 bits per heavy atom. The Kier molecular flexibility index (Phi) is 6.12. The highest BCUT2D eigenvalue weighted by atomic mass is 79.9. The van der Waals surface area contributed by atoms with Crippen LogP contribution >= 0.6 is 15.9 Å². The van der Waals surface area contributed by atoms with Crippen molar-refractivity contribution in [2.75, 3.05) is 5.32 Å². The Morgan fingerprint density at radius 2 is 2.03 bits per heavy atom. The maximum Gasteiger partial charge on any atom is 0.283 e. The van der Waals surface area contributed by atoms with E-state index in [-0.39, 0.29) is 17.9 Å². The van der Waals surface area contributed by atoms with Gasteiger partial charge in [0.25, 0.3) is 5.56 Å². The second-order valence-electron chi connectivity index (χ2n) is 10.0. The number of nitrogens with zero attached hydrogens (tertiary/aromatic N) is 2. The maximum absolute atomic E-state index is 12.8. The smallest absolute Gasteiger partial charge is 0.283 e. The molecule has 6 heteroatoms. The molecule has 1 heterocycles. The van der Waals surface area contributed by atoms with E-state index in [1.807, 2.05) is 31.2 Å². The molecule has 3 aliphatic rings. The highest BCUT2D eigenvalue weighted by Gasteiger charge is 2.56. The van der Waals surface area contributed by atoms with Crippen LogP contribution < -0.4 is 10.9 Å². The van der Waals surface area contributed by atoms with Gasteiger partial charge in [0.1, 0.15) is 11.0 Å². The summed E-state index contributed by atoms with van der Waals surface area (Å²) in [5.41, 5.74) is 3.24. The molecular weight excluding hydrogens is 454 g/mol. The quantitative estimate of drug-likeness (QED) is 0.599. The summed E-state index contributed by atoms with van der Waals surface area (Å²) in [6.45, 7) is 9.13. The zero-order chi connectivity index (χ0) is 22.3. The zero-order valence-electron chi connectivity index (χ0n) is 18.8. The number of halogens is 1. The number of ketones is 1. The van der Waals surface area contributed by atoms with Crippen molar-refractivity contribution >= 4 is 27.4 Å². The van der Waals surface area contributed by atoms with E-state index in [9.17, 15) is 9.59 Å². The molecule has 0 amide bonds. The van der Waals surface area contributed by atoms with Gasteiger partial charge in [-0.2, -0.15) is 5.10 Å². The lowest BCUT2D eigenvalue weighted by Crippen LogP contribution is -2.58. The number of aromatic nitrogens is 2. The molecule has 0 radical (unpaired) electrons. The van der Waals surface area contributed by atoms with Crippen LogP contribution in [-0.4, -0.2) is 21.6 Å². The number of hydrogen-bond acceptors (Lipinski definition) is 4. The first-order valence-electron chi connectivity index (χ1n) is 11.3. The van der Waals surface area contributed by atoms with E-state index < -0.39 is 0 Å². The van der Waals surface area contributed by atoms with Gasteiger partial charge in [-0.1, -0.05) is 45.0 Å². The minimum atomic E-state index is -0.261. The third kappa shape index (κ3) is 4.23. The average molecular weight is 486 g/mol. The number of carbonyl (C=O) groups is 1. The van der Waals surface area contributed by atoms with Gasteiger partial charge in [0.2, 0.25) is 0 Å². The monoisotopic (exact) mass is 485 g/mol. The van der Waals surface area contributed by atoms with Crippen molar-refractivity contribution in [3.05, 3.63) is 56.4 Å². The van der Waals surface area contributed by atoms with Crippen LogP contribution in [0.1, 0.15) is 51.2 Å². The molecule has 3 saturated carbocycles. The van der Waals surface area contributed by atoms with E-state index in [1.54, 1.807) is 6.20 Å². The van der Waals surface area contributed by atoms with E-state index in [2.05, 4.69) is 47.1 Å². The van der Waals surface area contributed by atoms with Crippen molar-refractivity contribution in [1.29, 1.82) is 0 Å². The fraction of sp³-hybridized carbons (Fsp3) is 0.560. The molecule has 1 aromatic carbocycles. The lowest BCUT2D eigenvalue weighted by Gasteiger charge is -2.62. The molecule has 3 fully saturated rings. The number of hydrogen-bond donors (Lipinski definition) is 1. The summed E-state index contributed by atoms with van der Waals surface area (Å²) in [7, 11) is 0. The molecule has 3 aliphatic carbocycles. The van der Waals surface area contributed by atoms with Gasteiger partial charge < -0.3 is 5.32 Å². The molecular formula is C25H32BrN3O2. The normalized spacial score (nSPS) is 26.2. The lowest BCUT2D eigenvalue weighted by atomic mass is 9.45. The minimum absolute atomic E-state index is 0.00175. The Labute approximate surface area is 192 Å². The van der Waals surface area contributed by atoms with Crippen LogP contribution in [0.2, 0.25) is 0 Å². The number of carbonyl (C=O) groups excluding carboxylic acids is 1. The number of Topliss-reactive ketones (excluding diaryl/α,β-unsaturated/α-hetero) is 1. The summed E-state index contributed by atoms with van der Waals surface area (Å²) >= 11 is 3.45. The van der Waals surface area contributed by atoms with E-state index in [4.69, 9.17) is 0 Å². The van der Waals surface area contributed by atoms with Crippen molar-refractivity contribution in [2.24, 2.45) is 23.2 Å². The first-order valence-corrected chi connectivity index (χ1v) is 12.1. The van der Waals surface area contributed by atoms with Crippen LogP contribution in [0.25, 0.3) is 0 Å². The van der Waals surface area contributed by atoms with Gasteiger partial charge in [-0.25, -0.2) is 4.68 Å². The molecule has 4 atom stereocenters. The third-order valence-electron chi connectivity index (χ3n) is 7.94. The molecule has 0 unspecified atom stereocenters. The molecule has 2 aromatic rings. The summed E-state index contributed by atoms with van der Waals surface area (Å²) in [6, 6.07) is 8.42. The SMILES string of the molecule is Cc1ccccc1CCC(=O)Cn1ncc(N[C@@H]2C[C@@H]3C[C@H]([C@H]2C)C3(C)C)c(Br)c1=O. The average Bonchev–Trinajstić information content (AvgIpc) is 2.73. The molecule has 1 aromatic heterocycles. The van der Waals surface area contributed by atoms with E-state index in [0.717, 1.165) is 23.9 Å². The first kappa shape index (κ1) is 22.3. The van der Waals surface area contributed by atoms with Crippen LogP contribution in [-0.2, 0) is 17.8 Å². The highest BCUT2D eigenvalue weighted by molar-refractivity contribution is 9.10. The summed E-state index contributed by atoms with van der Waals surface area (Å²) < 4.78 is 1.72. The lowest BCUT2D eigenvalue weighted by molar-refractivity contribution is -0.119. The van der Waals surface area contributed by atoms with Crippen molar-refractivity contribution in [3.8, 4) is 0 Å². The van der Waals surface area contributed by atoms with Crippen LogP contribution in [0.15, 0.2) is 39.7 Å². The van der Waals surface area contributed by atoms with Crippen molar-refractivity contribution in [1.82, 2.24) is 9.78 Å². The number of aryl methyl sites for hydroxylation is 2. The first-order chi connectivity index (χ1) is 14.7. The highest BCUT2D eigenvalue weighted by Crippen LogP contribution is 2.61. The predicted octanol–water partition coefficient (Wildman–Crippen LogP) is 5.00.